The molecule has 4 N–H and O–H groups in total. The number of likely N-dealkylation sites (N-methyl/N-ethyl adjacent to an activating group) is 1. The third-order valence-corrected chi connectivity index (χ3v) is 6.41. The zero-order chi connectivity index (χ0) is 24.0. The van der Waals surface area contributed by atoms with E-state index < -0.39 is 17.9 Å². The predicted molar refractivity (Wildman–Crippen MR) is 120 cm³/mol. The van der Waals surface area contributed by atoms with Crippen molar-refractivity contribution in [1.82, 2.24) is 29.3 Å². The Kier molecular flexibility index (Phi) is 5.52. The van der Waals surface area contributed by atoms with Crippen LogP contribution in [0.3, 0.4) is 0 Å². The molecule has 0 bridgehead atoms. The van der Waals surface area contributed by atoms with Crippen LogP contribution in [-0.4, -0.2) is 96.8 Å². The van der Waals surface area contributed by atoms with Crippen molar-refractivity contribution in [3.8, 4) is 0 Å². The van der Waals surface area contributed by atoms with Gasteiger partial charge in [0.25, 0.3) is 11.8 Å². The zero-order valence-electron chi connectivity index (χ0n) is 18.5. The van der Waals surface area contributed by atoms with Crippen molar-refractivity contribution >= 4 is 28.8 Å². The number of carbonyl (C=O) groups is 2. The first-order valence-electron chi connectivity index (χ1n) is 10.9. The van der Waals surface area contributed by atoms with E-state index in [-0.39, 0.29) is 30.8 Å². The van der Waals surface area contributed by atoms with Gasteiger partial charge in [-0.25, -0.2) is 15.0 Å². The molecular formula is C22H25N7O5. The van der Waals surface area contributed by atoms with E-state index in [9.17, 15) is 19.8 Å². The summed E-state index contributed by atoms with van der Waals surface area (Å²) < 4.78 is 7.08. The zero-order valence-corrected chi connectivity index (χ0v) is 18.5. The van der Waals surface area contributed by atoms with Gasteiger partial charge in [-0.1, -0.05) is 12.1 Å². The number of imidazole rings is 1. The number of aromatic nitrogens is 4. The number of nitrogens with zero attached hydrogens (tertiary/aromatic N) is 6. The predicted octanol–water partition coefficient (Wildman–Crippen LogP) is -0.569. The molecule has 2 aromatic heterocycles. The Balaban J connectivity index is 1.18. The molecule has 0 radical (unpaired) electrons. The van der Waals surface area contributed by atoms with E-state index in [1.165, 1.54) is 22.1 Å². The lowest BCUT2D eigenvalue weighted by molar-refractivity contribution is -0.108. The van der Waals surface area contributed by atoms with Gasteiger partial charge in [0, 0.05) is 13.1 Å². The number of hydrogen-bond donors (Lipinski definition) is 3. The highest BCUT2D eigenvalue weighted by atomic mass is 16.5. The first-order chi connectivity index (χ1) is 16.3. The number of nitrogen functional groups attached to an aromatic ring is 1. The number of aliphatic hydroxyl groups excluding tert-OH is 1. The number of carbonyl (C=O) groups excluding carboxylic acids is 2. The molecule has 12 heteroatoms. The van der Waals surface area contributed by atoms with Crippen LogP contribution in [0.1, 0.15) is 27.1 Å². The van der Waals surface area contributed by atoms with E-state index in [4.69, 9.17) is 10.5 Å². The van der Waals surface area contributed by atoms with E-state index in [1.54, 1.807) is 24.3 Å². The van der Waals surface area contributed by atoms with Crippen LogP contribution in [0.2, 0.25) is 0 Å². The van der Waals surface area contributed by atoms with Gasteiger partial charge in [-0.05, 0) is 32.1 Å². The minimum absolute atomic E-state index is 0.156. The number of hydrogen-bond acceptors (Lipinski definition) is 10. The molecule has 178 valence electrons. The third kappa shape index (κ3) is 3.51. The topological polar surface area (TPSA) is 160 Å². The summed E-state index contributed by atoms with van der Waals surface area (Å²) in [6.07, 6.45) is 1.25. The quantitative estimate of drug-likeness (QED) is 0.384. The average Bonchev–Trinajstić information content (AvgIpc) is 3.46. The number of aliphatic hydroxyl groups is 2. The molecule has 0 aliphatic carbocycles. The van der Waals surface area contributed by atoms with Crippen molar-refractivity contribution in [2.24, 2.45) is 0 Å². The van der Waals surface area contributed by atoms with Crippen molar-refractivity contribution < 1.29 is 24.5 Å². The molecule has 2 aliphatic rings. The number of amides is 2. The number of imide groups is 1. The summed E-state index contributed by atoms with van der Waals surface area (Å²) in [5.41, 5.74) is 5.55. The Labute approximate surface area is 194 Å². The van der Waals surface area contributed by atoms with Crippen LogP contribution in [0, 0.1) is 0 Å². The number of anilines is 1. The summed E-state index contributed by atoms with van der Waals surface area (Å²) in [6.45, 7) is 1.01. The van der Waals surface area contributed by atoms with Crippen LogP contribution in [0.4, 0.5) is 5.82 Å². The van der Waals surface area contributed by atoms with Crippen LogP contribution in [0.15, 0.2) is 36.9 Å². The van der Waals surface area contributed by atoms with Crippen molar-refractivity contribution in [2.75, 3.05) is 39.0 Å². The van der Waals surface area contributed by atoms with Gasteiger partial charge in [-0.15, -0.1) is 0 Å². The first kappa shape index (κ1) is 22.3. The molecule has 12 nitrogen and oxygen atoms in total. The normalized spacial score (nSPS) is 24.5. The van der Waals surface area contributed by atoms with E-state index in [1.807, 2.05) is 11.9 Å². The summed E-state index contributed by atoms with van der Waals surface area (Å²) in [5.74, 6) is -0.380. The Morgan fingerprint density at radius 2 is 1.91 bits per heavy atom. The molecule has 3 aromatic rings. The number of benzene rings is 1. The molecule has 34 heavy (non-hydrogen) atoms. The van der Waals surface area contributed by atoms with Crippen molar-refractivity contribution in [2.45, 2.75) is 24.4 Å². The fourth-order valence-corrected chi connectivity index (χ4v) is 4.54. The van der Waals surface area contributed by atoms with Gasteiger partial charge in [-0.3, -0.25) is 19.1 Å². The monoisotopic (exact) mass is 467 g/mol. The van der Waals surface area contributed by atoms with Crippen molar-refractivity contribution in [1.29, 1.82) is 0 Å². The fraction of sp³-hybridized carbons (Fsp3) is 0.409. The maximum Gasteiger partial charge on any atom is 0.261 e. The maximum atomic E-state index is 12.5. The van der Waals surface area contributed by atoms with Crippen LogP contribution < -0.4 is 5.73 Å². The van der Waals surface area contributed by atoms with Gasteiger partial charge in [0.2, 0.25) is 0 Å². The van der Waals surface area contributed by atoms with Crippen LogP contribution in [-0.2, 0) is 10.5 Å². The summed E-state index contributed by atoms with van der Waals surface area (Å²) in [4.78, 5) is 40.3. The van der Waals surface area contributed by atoms with Gasteiger partial charge in [0.15, 0.2) is 17.2 Å². The van der Waals surface area contributed by atoms with E-state index in [2.05, 4.69) is 15.0 Å². The highest BCUT2D eigenvalue weighted by molar-refractivity contribution is 6.21. The minimum Gasteiger partial charge on any atom is -0.385 e. The molecule has 3 atom stereocenters. The molecule has 5 rings (SSSR count). The Bertz CT molecular complexity index is 1230. The average molecular weight is 467 g/mol. The number of nitrogens with two attached hydrogens (primary N) is 1. The largest absolute Gasteiger partial charge is 0.385 e. The Morgan fingerprint density at radius 1 is 1.21 bits per heavy atom. The van der Waals surface area contributed by atoms with Crippen LogP contribution in [0.25, 0.3) is 11.2 Å². The molecule has 0 saturated carbocycles. The SMILES string of the molecule is CN(CCCN1C(=O)c2ccccc2C1=O)CC1OCC(O)(n2cnc3c(N)ncnc32)C1O. The van der Waals surface area contributed by atoms with Gasteiger partial charge < -0.3 is 25.6 Å². The second kappa shape index (κ2) is 8.40. The number of ether oxygens (including phenoxy) is 1. The van der Waals surface area contributed by atoms with Gasteiger partial charge >= 0.3 is 0 Å². The maximum absolute atomic E-state index is 12.5. The molecule has 0 spiro atoms. The number of fused-ring (bicyclic) bond motifs is 2. The highest BCUT2D eigenvalue weighted by Gasteiger charge is 2.50. The van der Waals surface area contributed by atoms with Gasteiger partial charge in [-0.2, -0.15) is 0 Å². The molecular weight excluding hydrogens is 442 g/mol. The second-order valence-electron chi connectivity index (χ2n) is 8.64. The molecule has 1 saturated heterocycles. The van der Waals surface area contributed by atoms with Gasteiger partial charge in [0.05, 0.1) is 24.1 Å². The lowest BCUT2D eigenvalue weighted by atomic mass is 10.0. The number of rotatable bonds is 7. The van der Waals surface area contributed by atoms with E-state index in [0.29, 0.717) is 41.8 Å². The standard InChI is InChI=1S/C22H25N7O5/c1-27(7-4-8-28-20(31)13-5-2-3-6-14(13)21(28)32)9-15-17(30)22(33,10-34-15)29-12-26-16-18(23)24-11-25-19(16)29/h2-3,5-6,11-12,15,17,30,33H,4,7-10H2,1H3,(H2,23,24,25). The first-order valence-corrected chi connectivity index (χ1v) is 10.9. The van der Waals surface area contributed by atoms with Gasteiger partial charge in [0.1, 0.15) is 24.1 Å². The van der Waals surface area contributed by atoms with E-state index >= 15 is 0 Å². The molecule has 4 heterocycles. The van der Waals surface area contributed by atoms with Crippen LogP contribution >= 0.6 is 0 Å². The lowest BCUT2D eigenvalue weighted by Crippen LogP contribution is -2.48. The molecule has 3 unspecified atom stereocenters. The van der Waals surface area contributed by atoms with Crippen molar-refractivity contribution in [3.63, 3.8) is 0 Å². The summed E-state index contributed by atoms with van der Waals surface area (Å²) in [5, 5.41) is 22.1. The highest BCUT2D eigenvalue weighted by Crippen LogP contribution is 2.32. The second-order valence-corrected chi connectivity index (χ2v) is 8.64. The summed E-state index contributed by atoms with van der Waals surface area (Å²) >= 11 is 0. The Morgan fingerprint density at radius 3 is 2.62 bits per heavy atom. The van der Waals surface area contributed by atoms with E-state index in [0.717, 1.165) is 0 Å². The van der Waals surface area contributed by atoms with Crippen LogP contribution in [0.5, 0.6) is 0 Å². The molecule has 1 aromatic carbocycles. The lowest BCUT2D eigenvalue weighted by Gasteiger charge is -2.29. The molecule has 2 aliphatic heterocycles. The summed E-state index contributed by atoms with van der Waals surface area (Å²) in [7, 11) is 1.84. The third-order valence-electron chi connectivity index (χ3n) is 6.41. The smallest absolute Gasteiger partial charge is 0.261 e. The van der Waals surface area contributed by atoms with Crippen molar-refractivity contribution in [3.05, 3.63) is 48.0 Å². The molecule has 2 amide bonds. The fourth-order valence-electron chi connectivity index (χ4n) is 4.54. The Hall–Kier alpha value is -3.45. The minimum atomic E-state index is -1.76. The summed E-state index contributed by atoms with van der Waals surface area (Å²) in [6, 6.07) is 6.80. The molecule has 1 fully saturated rings.